The topological polar surface area (TPSA) is 43.8 Å². The van der Waals surface area contributed by atoms with E-state index in [9.17, 15) is 0 Å². The third-order valence-electron chi connectivity index (χ3n) is 2.56. The summed E-state index contributed by atoms with van der Waals surface area (Å²) >= 11 is 1.82. The summed E-state index contributed by atoms with van der Waals surface area (Å²) in [5.41, 5.74) is 7.02. The largest absolute Gasteiger partial charge is 0.330 e. The molecule has 0 spiro atoms. The Bertz CT molecular complexity index is 453. The van der Waals surface area contributed by atoms with Crippen molar-refractivity contribution in [3.05, 3.63) is 48.3 Å². The van der Waals surface area contributed by atoms with Crippen molar-refractivity contribution in [3.8, 4) is 0 Å². The maximum atomic E-state index is 5.69. The van der Waals surface area contributed by atoms with Crippen molar-refractivity contribution in [3.63, 3.8) is 0 Å². The number of hydrogen-bond acceptors (Lipinski definition) is 3. The zero-order chi connectivity index (χ0) is 12.1. The van der Waals surface area contributed by atoms with Crippen LogP contribution in [0.5, 0.6) is 0 Å². The van der Waals surface area contributed by atoms with E-state index in [0.717, 1.165) is 6.42 Å². The van der Waals surface area contributed by atoms with Gasteiger partial charge in [0.05, 0.1) is 6.20 Å². The Labute approximate surface area is 106 Å². The SMILES string of the molecule is Cn1cc(SC(CCN)c2ccccc2)cn1. The third kappa shape index (κ3) is 3.35. The number of thioether (sulfide) groups is 1. The fourth-order valence-electron chi connectivity index (χ4n) is 1.74. The van der Waals surface area contributed by atoms with Crippen molar-refractivity contribution in [2.75, 3.05) is 6.54 Å². The molecular formula is C13H17N3S. The molecule has 2 aromatic rings. The molecule has 2 rings (SSSR count). The molecule has 1 atom stereocenters. The van der Waals surface area contributed by atoms with Gasteiger partial charge in [0.15, 0.2) is 0 Å². The number of nitrogens with two attached hydrogens (primary N) is 1. The monoisotopic (exact) mass is 247 g/mol. The molecule has 0 amide bonds. The van der Waals surface area contributed by atoms with Crippen LogP contribution in [0.25, 0.3) is 0 Å². The van der Waals surface area contributed by atoms with Gasteiger partial charge in [0, 0.05) is 23.4 Å². The Morgan fingerprint density at radius 1 is 1.35 bits per heavy atom. The average Bonchev–Trinajstić information content (AvgIpc) is 2.75. The molecule has 2 N–H and O–H groups in total. The fourth-order valence-corrected chi connectivity index (χ4v) is 2.93. The van der Waals surface area contributed by atoms with E-state index in [4.69, 9.17) is 5.73 Å². The summed E-state index contributed by atoms with van der Waals surface area (Å²) in [5.74, 6) is 0. The highest BCUT2D eigenvalue weighted by Crippen LogP contribution is 2.36. The second-order valence-corrected chi connectivity index (χ2v) is 5.22. The van der Waals surface area contributed by atoms with Crippen LogP contribution in [-0.4, -0.2) is 16.3 Å². The van der Waals surface area contributed by atoms with Crippen LogP contribution in [-0.2, 0) is 7.05 Å². The van der Waals surface area contributed by atoms with Crippen LogP contribution in [0.15, 0.2) is 47.6 Å². The van der Waals surface area contributed by atoms with E-state index in [1.165, 1.54) is 10.5 Å². The molecule has 0 saturated carbocycles. The number of nitrogens with zero attached hydrogens (tertiary/aromatic N) is 2. The molecule has 17 heavy (non-hydrogen) atoms. The van der Waals surface area contributed by atoms with Gasteiger partial charge in [-0.15, -0.1) is 11.8 Å². The van der Waals surface area contributed by atoms with Crippen LogP contribution in [0.4, 0.5) is 0 Å². The quantitative estimate of drug-likeness (QED) is 0.826. The van der Waals surface area contributed by atoms with E-state index in [1.54, 1.807) is 0 Å². The first-order chi connectivity index (χ1) is 8.29. The van der Waals surface area contributed by atoms with Gasteiger partial charge >= 0.3 is 0 Å². The van der Waals surface area contributed by atoms with Gasteiger partial charge in [-0.25, -0.2) is 0 Å². The van der Waals surface area contributed by atoms with E-state index in [2.05, 4.69) is 29.4 Å². The molecule has 90 valence electrons. The minimum atomic E-state index is 0.408. The van der Waals surface area contributed by atoms with Crippen molar-refractivity contribution >= 4 is 11.8 Å². The van der Waals surface area contributed by atoms with E-state index >= 15 is 0 Å². The summed E-state index contributed by atoms with van der Waals surface area (Å²) in [4.78, 5) is 1.19. The molecule has 0 aliphatic carbocycles. The van der Waals surface area contributed by atoms with Crippen LogP contribution >= 0.6 is 11.8 Å². The van der Waals surface area contributed by atoms with Crippen molar-refractivity contribution in [1.82, 2.24) is 9.78 Å². The molecule has 3 nitrogen and oxygen atoms in total. The van der Waals surface area contributed by atoms with Gasteiger partial charge in [-0.1, -0.05) is 30.3 Å². The number of rotatable bonds is 5. The minimum absolute atomic E-state index is 0.408. The molecule has 0 radical (unpaired) electrons. The molecule has 1 aromatic heterocycles. The number of benzene rings is 1. The Morgan fingerprint density at radius 3 is 2.71 bits per heavy atom. The summed E-state index contributed by atoms with van der Waals surface area (Å²) in [7, 11) is 1.94. The van der Waals surface area contributed by atoms with Crippen molar-refractivity contribution in [2.24, 2.45) is 12.8 Å². The predicted octanol–water partition coefficient (Wildman–Crippen LogP) is 2.60. The van der Waals surface area contributed by atoms with Gasteiger partial charge in [-0.05, 0) is 18.5 Å². The Kier molecular flexibility index (Phi) is 4.23. The van der Waals surface area contributed by atoms with E-state index in [-0.39, 0.29) is 0 Å². The summed E-state index contributed by atoms with van der Waals surface area (Å²) < 4.78 is 1.83. The smallest absolute Gasteiger partial charge is 0.0626 e. The predicted molar refractivity (Wildman–Crippen MR) is 71.9 cm³/mol. The lowest BCUT2D eigenvalue weighted by molar-refractivity contribution is 0.766. The molecule has 1 unspecified atom stereocenters. The van der Waals surface area contributed by atoms with Crippen LogP contribution in [0.3, 0.4) is 0 Å². The van der Waals surface area contributed by atoms with Gasteiger partial charge in [0.25, 0.3) is 0 Å². The van der Waals surface area contributed by atoms with Crippen molar-refractivity contribution in [1.29, 1.82) is 0 Å². The lowest BCUT2D eigenvalue weighted by Gasteiger charge is -2.14. The van der Waals surface area contributed by atoms with Gasteiger partial charge < -0.3 is 5.73 Å². The zero-order valence-corrected chi connectivity index (χ0v) is 10.7. The lowest BCUT2D eigenvalue weighted by atomic mass is 10.1. The molecule has 0 aliphatic rings. The first-order valence-corrected chi connectivity index (χ1v) is 6.58. The summed E-state index contributed by atoms with van der Waals surface area (Å²) in [6, 6.07) is 10.5. The van der Waals surface area contributed by atoms with Gasteiger partial charge in [0.1, 0.15) is 0 Å². The first-order valence-electron chi connectivity index (χ1n) is 5.70. The highest BCUT2D eigenvalue weighted by molar-refractivity contribution is 7.99. The zero-order valence-electron chi connectivity index (χ0n) is 9.91. The molecule has 0 fully saturated rings. The number of aromatic nitrogens is 2. The molecule has 1 heterocycles. The third-order valence-corrected chi connectivity index (χ3v) is 3.84. The van der Waals surface area contributed by atoms with Gasteiger partial charge in [-0.3, -0.25) is 4.68 Å². The van der Waals surface area contributed by atoms with E-state index in [1.807, 2.05) is 42.0 Å². The first kappa shape index (κ1) is 12.2. The van der Waals surface area contributed by atoms with Crippen molar-refractivity contribution < 1.29 is 0 Å². The van der Waals surface area contributed by atoms with Crippen LogP contribution < -0.4 is 5.73 Å². The highest BCUT2D eigenvalue weighted by Gasteiger charge is 2.12. The standard InChI is InChI=1S/C13H17N3S/c1-16-10-12(9-15-16)17-13(7-8-14)11-5-3-2-4-6-11/h2-6,9-10,13H,7-8,14H2,1H3. The number of aryl methyl sites for hydroxylation is 1. The fraction of sp³-hybridized carbons (Fsp3) is 0.308. The lowest BCUT2D eigenvalue weighted by Crippen LogP contribution is -2.04. The molecular weight excluding hydrogens is 230 g/mol. The second-order valence-electron chi connectivity index (χ2n) is 3.94. The number of hydrogen-bond donors (Lipinski definition) is 1. The summed E-state index contributed by atoms with van der Waals surface area (Å²) in [5, 5.41) is 4.60. The summed E-state index contributed by atoms with van der Waals surface area (Å²) in [6.45, 7) is 0.701. The van der Waals surface area contributed by atoms with Crippen LogP contribution in [0, 0.1) is 0 Å². The van der Waals surface area contributed by atoms with E-state index in [0.29, 0.717) is 11.8 Å². The Morgan fingerprint density at radius 2 is 2.12 bits per heavy atom. The maximum absolute atomic E-state index is 5.69. The Balaban J connectivity index is 2.13. The molecule has 4 heteroatoms. The second kappa shape index (κ2) is 5.89. The Hall–Kier alpha value is -1.26. The average molecular weight is 247 g/mol. The molecule has 0 bridgehead atoms. The van der Waals surface area contributed by atoms with Crippen LogP contribution in [0.2, 0.25) is 0 Å². The van der Waals surface area contributed by atoms with E-state index < -0.39 is 0 Å². The van der Waals surface area contributed by atoms with Gasteiger partial charge in [0.2, 0.25) is 0 Å². The molecule has 0 aliphatic heterocycles. The highest BCUT2D eigenvalue weighted by atomic mass is 32.2. The molecule has 0 saturated heterocycles. The maximum Gasteiger partial charge on any atom is 0.0626 e. The van der Waals surface area contributed by atoms with Crippen molar-refractivity contribution in [2.45, 2.75) is 16.6 Å². The summed E-state index contributed by atoms with van der Waals surface area (Å²) in [6.07, 6.45) is 4.91. The van der Waals surface area contributed by atoms with Crippen LogP contribution in [0.1, 0.15) is 17.2 Å². The normalized spacial score (nSPS) is 12.6. The minimum Gasteiger partial charge on any atom is -0.330 e. The molecule has 1 aromatic carbocycles. The van der Waals surface area contributed by atoms with Gasteiger partial charge in [-0.2, -0.15) is 5.10 Å².